The van der Waals surface area contributed by atoms with Crippen LogP contribution in [0.1, 0.15) is 16.1 Å². The second-order valence-electron chi connectivity index (χ2n) is 3.85. The van der Waals surface area contributed by atoms with Crippen LogP contribution in [-0.2, 0) is 7.05 Å². The molecule has 1 amide bonds. The summed E-state index contributed by atoms with van der Waals surface area (Å²) in [4.78, 5) is 16.0. The molecule has 3 N–H and O–H groups in total. The zero-order valence-electron chi connectivity index (χ0n) is 10.7. The highest BCUT2D eigenvalue weighted by Crippen LogP contribution is 2.16. The second kappa shape index (κ2) is 7.28. The van der Waals surface area contributed by atoms with Crippen LogP contribution < -0.4 is 11.1 Å². The van der Waals surface area contributed by atoms with Crippen molar-refractivity contribution in [3.05, 3.63) is 23.5 Å². The molecule has 2 aromatic heterocycles. The topological polar surface area (TPSA) is 85.8 Å². The molecule has 0 aromatic carbocycles. The predicted octanol–water partition coefficient (Wildman–Crippen LogP) is 0.809. The van der Waals surface area contributed by atoms with Crippen LogP contribution in [0, 0.1) is 6.92 Å². The van der Waals surface area contributed by atoms with Crippen molar-refractivity contribution in [2.24, 2.45) is 12.8 Å². The fourth-order valence-electron chi connectivity index (χ4n) is 1.72. The van der Waals surface area contributed by atoms with Crippen LogP contribution in [0.3, 0.4) is 0 Å². The van der Waals surface area contributed by atoms with E-state index >= 15 is 0 Å². The normalized spacial score (nSPS) is 9.63. The number of amides is 1. The smallest absolute Gasteiger partial charge is 0.252 e. The molecule has 0 spiro atoms. The first-order valence-electron chi connectivity index (χ1n) is 5.41. The minimum absolute atomic E-state index is 0. The van der Waals surface area contributed by atoms with Gasteiger partial charge in [-0.05, 0) is 13.0 Å². The average molecular weight is 306 g/mol. The van der Waals surface area contributed by atoms with E-state index in [1.54, 1.807) is 16.9 Å². The summed E-state index contributed by atoms with van der Waals surface area (Å²) >= 11 is 0. The molecule has 0 saturated heterocycles. The lowest BCUT2D eigenvalue weighted by Crippen LogP contribution is -2.29. The maximum Gasteiger partial charge on any atom is 0.252 e. The number of hydrogen-bond acceptors (Lipinski definition) is 4. The number of nitrogens with one attached hydrogen (secondary N) is 1. The monoisotopic (exact) mass is 305 g/mol. The van der Waals surface area contributed by atoms with Gasteiger partial charge >= 0.3 is 0 Å². The van der Waals surface area contributed by atoms with Gasteiger partial charge in [-0.25, -0.2) is 4.98 Å². The Kier molecular flexibility index (Phi) is 6.75. The van der Waals surface area contributed by atoms with Gasteiger partial charge in [-0.1, -0.05) is 0 Å². The zero-order valence-corrected chi connectivity index (χ0v) is 12.3. The van der Waals surface area contributed by atoms with E-state index in [-0.39, 0.29) is 30.7 Å². The third-order valence-electron chi connectivity index (χ3n) is 2.56. The Hall–Kier alpha value is -1.37. The minimum Gasteiger partial charge on any atom is -0.351 e. The first-order chi connectivity index (χ1) is 8.13. The van der Waals surface area contributed by atoms with Gasteiger partial charge in [0.2, 0.25) is 0 Å². The van der Waals surface area contributed by atoms with Crippen molar-refractivity contribution in [2.45, 2.75) is 6.92 Å². The molecule has 2 rings (SSSR count). The van der Waals surface area contributed by atoms with Crippen molar-refractivity contribution in [1.82, 2.24) is 20.1 Å². The van der Waals surface area contributed by atoms with Gasteiger partial charge in [-0.3, -0.25) is 9.48 Å². The predicted molar refractivity (Wildman–Crippen MR) is 79.1 cm³/mol. The molecule has 2 aromatic rings. The van der Waals surface area contributed by atoms with Crippen molar-refractivity contribution in [2.75, 3.05) is 13.1 Å². The van der Waals surface area contributed by atoms with Crippen LogP contribution in [0.15, 0.2) is 12.3 Å². The van der Waals surface area contributed by atoms with E-state index in [9.17, 15) is 4.79 Å². The molecule has 0 fully saturated rings. The lowest BCUT2D eigenvalue weighted by Gasteiger charge is -2.03. The number of pyridine rings is 1. The molecule has 0 aliphatic rings. The molecule has 8 heteroatoms. The fourth-order valence-corrected chi connectivity index (χ4v) is 1.72. The molecule has 2 heterocycles. The molecular formula is C11H17Cl2N5O. The van der Waals surface area contributed by atoms with E-state index in [0.717, 1.165) is 16.7 Å². The molecule has 19 heavy (non-hydrogen) atoms. The van der Waals surface area contributed by atoms with Crippen LogP contribution in [0.4, 0.5) is 0 Å². The first-order valence-corrected chi connectivity index (χ1v) is 5.41. The molecule has 0 aliphatic carbocycles. The maximum absolute atomic E-state index is 11.7. The molecule has 0 radical (unpaired) electrons. The second-order valence-corrected chi connectivity index (χ2v) is 3.85. The third-order valence-corrected chi connectivity index (χ3v) is 2.56. The highest BCUT2D eigenvalue weighted by molar-refractivity contribution is 5.97. The Morgan fingerprint density at radius 3 is 2.79 bits per heavy atom. The van der Waals surface area contributed by atoms with Crippen molar-refractivity contribution < 1.29 is 4.79 Å². The molecule has 6 nitrogen and oxygen atoms in total. The molecule has 0 saturated carbocycles. The van der Waals surface area contributed by atoms with E-state index in [1.807, 2.05) is 14.0 Å². The van der Waals surface area contributed by atoms with Gasteiger partial charge in [-0.2, -0.15) is 5.10 Å². The van der Waals surface area contributed by atoms with E-state index in [0.29, 0.717) is 18.7 Å². The van der Waals surface area contributed by atoms with Crippen molar-refractivity contribution in [3.63, 3.8) is 0 Å². The number of halogens is 2. The summed E-state index contributed by atoms with van der Waals surface area (Å²) in [5, 5.41) is 7.86. The van der Waals surface area contributed by atoms with Crippen molar-refractivity contribution >= 4 is 41.8 Å². The number of nitrogens with two attached hydrogens (primary N) is 1. The van der Waals surface area contributed by atoms with Crippen LogP contribution in [0.25, 0.3) is 11.0 Å². The van der Waals surface area contributed by atoms with Gasteiger partial charge in [0, 0.05) is 31.7 Å². The summed E-state index contributed by atoms with van der Waals surface area (Å²) in [6, 6.07) is 1.80. The Morgan fingerprint density at radius 2 is 2.16 bits per heavy atom. The number of carbonyl (C=O) groups excluding carboxylic acids is 1. The third kappa shape index (κ3) is 3.56. The average Bonchev–Trinajstić information content (AvgIpc) is 2.61. The Bertz CT molecular complexity index is 569. The Morgan fingerprint density at radius 1 is 1.47 bits per heavy atom. The maximum atomic E-state index is 11.7. The van der Waals surface area contributed by atoms with E-state index in [1.165, 1.54) is 0 Å². The number of fused-ring (bicyclic) bond motifs is 1. The molecule has 0 unspecified atom stereocenters. The number of carbonyl (C=O) groups is 1. The van der Waals surface area contributed by atoms with Gasteiger partial charge in [0.15, 0.2) is 5.65 Å². The zero-order chi connectivity index (χ0) is 12.4. The van der Waals surface area contributed by atoms with E-state index in [2.05, 4.69) is 15.4 Å². The summed E-state index contributed by atoms with van der Waals surface area (Å²) in [5.41, 5.74) is 7.50. The van der Waals surface area contributed by atoms with Crippen LogP contribution in [0.2, 0.25) is 0 Å². The van der Waals surface area contributed by atoms with Gasteiger partial charge in [0.25, 0.3) is 5.91 Å². The minimum atomic E-state index is -0.159. The lowest BCUT2D eigenvalue weighted by atomic mass is 10.2. The highest BCUT2D eigenvalue weighted by atomic mass is 35.5. The molecule has 0 bridgehead atoms. The quantitative estimate of drug-likeness (QED) is 0.878. The Balaban J connectivity index is 0.00000162. The number of rotatable bonds is 3. The van der Waals surface area contributed by atoms with E-state index < -0.39 is 0 Å². The summed E-state index contributed by atoms with van der Waals surface area (Å²) in [7, 11) is 1.83. The van der Waals surface area contributed by atoms with Crippen LogP contribution in [-0.4, -0.2) is 33.8 Å². The number of hydrogen-bond donors (Lipinski definition) is 2. The SMILES string of the molecule is Cc1nn(C)c2ncc(C(=O)NCCN)cc12.Cl.Cl. The lowest BCUT2D eigenvalue weighted by molar-refractivity contribution is 0.0954. The van der Waals surface area contributed by atoms with Crippen molar-refractivity contribution in [3.8, 4) is 0 Å². The van der Waals surface area contributed by atoms with Crippen molar-refractivity contribution in [1.29, 1.82) is 0 Å². The van der Waals surface area contributed by atoms with Gasteiger partial charge in [0.05, 0.1) is 11.3 Å². The summed E-state index contributed by atoms with van der Waals surface area (Å²) in [6.45, 7) is 2.78. The molecule has 0 atom stereocenters. The van der Waals surface area contributed by atoms with Gasteiger partial charge in [-0.15, -0.1) is 24.8 Å². The standard InChI is InChI=1S/C11H15N5O.2ClH/c1-7-9-5-8(11(17)13-4-3-12)6-14-10(9)16(2)15-7;;/h5-6H,3-4,12H2,1-2H3,(H,13,17);2*1H. The molecule has 0 aliphatic heterocycles. The summed E-state index contributed by atoms with van der Waals surface area (Å²) in [5.74, 6) is -0.159. The van der Waals surface area contributed by atoms with E-state index in [4.69, 9.17) is 5.73 Å². The molecule has 106 valence electrons. The largest absolute Gasteiger partial charge is 0.351 e. The first kappa shape index (κ1) is 17.6. The van der Waals surface area contributed by atoms with Gasteiger partial charge in [0.1, 0.15) is 0 Å². The number of nitrogens with zero attached hydrogens (tertiary/aromatic N) is 3. The fraction of sp³-hybridized carbons (Fsp3) is 0.364. The summed E-state index contributed by atoms with van der Waals surface area (Å²) < 4.78 is 1.70. The highest BCUT2D eigenvalue weighted by Gasteiger charge is 2.10. The number of aromatic nitrogens is 3. The molecular weight excluding hydrogens is 289 g/mol. The van der Waals surface area contributed by atoms with Crippen LogP contribution in [0.5, 0.6) is 0 Å². The van der Waals surface area contributed by atoms with Gasteiger partial charge < -0.3 is 11.1 Å². The summed E-state index contributed by atoms with van der Waals surface area (Å²) in [6.07, 6.45) is 1.55. The van der Waals surface area contributed by atoms with Crippen LogP contribution >= 0.6 is 24.8 Å². The number of aryl methyl sites for hydroxylation is 2. The Labute approximate surface area is 123 Å².